The maximum Gasteiger partial charge on any atom is 0.220 e. The summed E-state index contributed by atoms with van der Waals surface area (Å²) in [6, 6.07) is -0.844. The van der Waals surface area contributed by atoms with E-state index in [1.54, 1.807) is 0 Å². The number of unbranched alkanes of at least 4 members (excludes halogenated alkanes) is 7. The minimum absolute atomic E-state index is 0.245. The molecule has 12 unspecified atom stereocenters. The number of aliphatic hydroxyl groups excluding tert-OH is 8. The van der Waals surface area contributed by atoms with Crippen LogP contribution >= 0.6 is 0 Å². The van der Waals surface area contributed by atoms with Gasteiger partial charge in [-0.3, -0.25) is 4.79 Å². The van der Waals surface area contributed by atoms with Gasteiger partial charge in [-0.1, -0.05) is 186 Å². The molecule has 2 aliphatic heterocycles. The van der Waals surface area contributed by atoms with Crippen molar-refractivity contribution in [3.05, 3.63) is 134 Å². The number of aliphatic hydroxyl groups is 8. The molecule has 2 aliphatic rings. The number of rotatable bonds is 42. The molecule has 14 heteroatoms. The van der Waals surface area contributed by atoms with Crippen molar-refractivity contribution in [3.63, 3.8) is 0 Å². The smallest absolute Gasteiger partial charge is 0.220 e. The fourth-order valence-corrected chi connectivity index (χ4v) is 8.30. The second-order valence-corrected chi connectivity index (χ2v) is 19.3. The summed E-state index contributed by atoms with van der Waals surface area (Å²) >= 11 is 0. The van der Waals surface area contributed by atoms with Crippen molar-refractivity contribution in [1.29, 1.82) is 0 Å². The number of nitrogens with one attached hydrogen (secondary N) is 1. The van der Waals surface area contributed by atoms with Crippen LogP contribution in [0.3, 0.4) is 0 Å². The molecular weight excluding hydrogens is 967 g/mol. The van der Waals surface area contributed by atoms with Gasteiger partial charge >= 0.3 is 0 Å². The molecule has 0 aromatic rings. The lowest BCUT2D eigenvalue weighted by Crippen LogP contribution is -2.65. The average molecular weight is 1070 g/mol. The van der Waals surface area contributed by atoms with Gasteiger partial charge in [-0.25, -0.2) is 0 Å². The molecule has 2 fully saturated rings. The van der Waals surface area contributed by atoms with Crippen LogP contribution in [0.1, 0.15) is 155 Å². The Morgan fingerprint density at radius 3 is 1.37 bits per heavy atom. The highest BCUT2D eigenvalue weighted by molar-refractivity contribution is 5.76. The summed E-state index contributed by atoms with van der Waals surface area (Å²) < 4.78 is 22.5. The fourth-order valence-electron chi connectivity index (χ4n) is 8.30. The summed E-state index contributed by atoms with van der Waals surface area (Å²) in [4.78, 5) is 13.0. The molecule has 0 saturated carbocycles. The van der Waals surface area contributed by atoms with E-state index in [-0.39, 0.29) is 18.9 Å². The molecule has 0 bridgehead atoms. The first-order chi connectivity index (χ1) is 37.1. The second-order valence-electron chi connectivity index (χ2n) is 19.3. The molecule has 76 heavy (non-hydrogen) atoms. The third kappa shape index (κ3) is 31.5. The van der Waals surface area contributed by atoms with Crippen LogP contribution in [-0.2, 0) is 23.7 Å². The molecule has 9 N–H and O–H groups in total. The highest BCUT2D eigenvalue weighted by Crippen LogP contribution is 2.30. The van der Waals surface area contributed by atoms with Crippen LogP contribution in [0.2, 0.25) is 0 Å². The lowest BCUT2D eigenvalue weighted by molar-refractivity contribution is -0.359. The summed E-state index contributed by atoms with van der Waals surface area (Å²) in [5, 5.41) is 86.1. The monoisotopic (exact) mass is 1070 g/mol. The Labute approximate surface area is 456 Å². The minimum atomic E-state index is -1.79. The van der Waals surface area contributed by atoms with E-state index in [1.807, 2.05) is 6.92 Å². The SMILES string of the molecule is CC/C=C\C/C=C\C/C=C\C/C=C\C/C=C\C/C=C\C/C=C\C/C=C\C/C=C\C/C=C\C/C=C\CCCCCCCC(=O)NC(COC1OC(CO)C(OC2OC(CO)C(O)C(O)C2O)C(O)C1O)C(O)CCCCC. The van der Waals surface area contributed by atoms with E-state index in [1.165, 1.54) is 0 Å². The standard InChI is InChI=1S/C62H99NO13/c1-3-5-7-8-9-10-11-12-13-14-15-16-17-18-19-20-21-22-23-24-25-26-27-28-29-30-31-32-33-34-35-36-37-38-39-40-41-42-44-46-54(67)63-50(51(66)45-43-6-4-2)49-73-61-59(72)57(70)60(53(48-65)75-61)76-62-58(71)56(69)55(68)52(47-64)74-62/h5,7,9-10,12-13,15-16,18-19,21-22,24-25,27-28,30-31,33-34,36-37,50-53,55-62,64-66,68-72H,3-4,6,8,11,14,17,20,23,26,29,32,35,38-49H2,1-2H3,(H,63,67)/b7-5-,10-9-,13-12-,16-15-,19-18-,22-21-,25-24-,28-27-,31-30-,34-33-,37-36-. The maximum absolute atomic E-state index is 13.0. The number of carbonyl (C=O) groups is 1. The first kappa shape index (κ1) is 68.2. The largest absolute Gasteiger partial charge is 0.394 e. The van der Waals surface area contributed by atoms with Crippen LogP contribution in [0.15, 0.2) is 134 Å². The van der Waals surface area contributed by atoms with Gasteiger partial charge in [-0.2, -0.15) is 0 Å². The topological polar surface area (TPSA) is 228 Å². The Morgan fingerprint density at radius 1 is 0.487 bits per heavy atom. The van der Waals surface area contributed by atoms with Crippen LogP contribution in [0.4, 0.5) is 0 Å². The van der Waals surface area contributed by atoms with Crippen LogP contribution in [0.5, 0.6) is 0 Å². The lowest BCUT2D eigenvalue weighted by Gasteiger charge is -2.46. The van der Waals surface area contributed by atoms with Gasteiger partial charge in [-0.15, -0.1) is 0 Å². The molecule has 0 aromatic carbocycles. The third-order valence-corrected chi connectivity index (χ3v) is 12.9. The van der Waals surface area contributed by atoms with Crippen molar-refractivity contribution in [2.45, 2.75) is 229 Å². The van der Waals surface area contributed by atoms with E-state index >= 15 is 0 Å². The van der Waals surface area contributed by atoms with E-state index in [0.29, 0.717) is 12.8 Å². The summed E-state index contributed by atoms with van der Waals surface area (Å²) in [5.41, 5.74) is 0. The van der Waals surface area contributed by atoms with Crippen LogP contribution in [0.25, 0.3) is 0 Å². The molecule has 12 atom stereocenters. The molecule has 14 nitrogen and oxygen atoms in total. The number of allylic oxidation sites excluding steroid dienone is 22. The number of carbonyl (C=O) groups excluding carboxylic acids is 1. The van der Waals surface area contributed by atoms with Crippen molar-refractivity contribution in [2.75, 3.05) is 19.8 Å². The Hall–Kier alpha value is -3.87. The molecule has 2 rings (SSSR count). The zero-order chi connectivity index (χ0) is 55.3. The molecule has 0 aliphatic carbocycles. The van der Waals surface area contributed by atoms with Crippen LogP contribution in [0, 0.1) is 0 Å². The quantitative estimate of drug-likeness (QED) is 0.0206. The molecule has 0 radical (unpaired) electrons. The van der Waals surface area contributed by atoms with Gasteiger partial charge in [0.2, 0.25) is 5.91 Å². The Kier molecular flexibility index (Phi) is 41.4. The molecule has 2 heterocycles. The number of ether oxygens (including phenoxy) is 4. The predicted octanol–water partition coefficient (Wildman–Crippen LogP) is 9.21. The Morgan fingerprint density at radius 2 is 0.908 bits per heavy atom. The van der Waals surface area contributed by atoms with Gasteiger partial charge in [0.1, 0.15) is 48.8 Å². The normalized spacial score (nSPS) is 25.9. The van der Waals surface area contributed by atoms with Gasteiger partial charge in [0.25, 0.3) is 0 Å². The van der Waals surface area contributed by atoms with Crippen LogP contribution in [-0.4, -0.2) is 140 Å². The molecule has 1 amide bonds. The predicted molar refractivity (Wildman–Crippen MR) is 304 cm³/mol. The van der Waals surface area contributed by atoms with Crippen molar-refractivity contribution in [2.24, 2.45) is 0 Å². The van der Waals surface area contributed by atoms with Gasteiger partial charge < -0.3 is 65.1 Å². The first-order valence-electron chi connectivity index (χ1n) is 28.4. The van der Waals surface area contributed by atoms with Gasteiger partial charge in [0, 0.05) is 6.42 Å². The summed E-state index contributed by atoms with van der Waals surface area (Å²) in [7, 11) is 0. The van der Waals surface area contributed by atoms with Crippen molar-refractivity contribution < 1.29 is 64.6 Å². The zero-order valence-corrected chi connectivity index (χ0v) is 45.9. The Bertz CT molecular complexity index is 1780. The lowest BCUT2D eigenvalue weighted by atomic mass is 9.97. The van der Waals surface area contributed by atoms with Crippen molar-refractivity contribution in [1.82, 2.24) is 5.32 Å². The van der Waals surface area contributed by atoms with Crippen molar-refractivity contribution in [3.8, 4) is 0 Å². The van der Waals surface area contributed by atoms with Gasteiger partial charge in [-0.05, 0) is 96.3 Å². The highest BCUT2D eigenvalue weighted by Gasteiger charge is 2.51. The molecule has 0 aromatic heterocycles. The summed E-state index contributed by atoms with van der Waals surface area (Å²) in [5.74, 6) is -0.245. The van der Waals surface area contributed by atoms with Gasteiger partial charge in [0.05, 0.1) is 32.0 Å². The van der Waals surface area contributed by atoms with Crippen LogP contribution < -0.4 is 5.32 Å². The minimum Gasteiger partial charge on any atom is -0.394 e. The summed E-state index contributed by atoms with van der Waals surface area (Å²) in [6.45, 7) is 2.51. The van der Waals surface area contributed by atoms with E-state index in [9.17, 15) is 45.6 Å². The maximum atomic E-state index is 13.0. The van der Waals surface area contributed by atoms with E-state index in [4.69, 9.17) is 18.9 Å². The Balaban J connectivity index is 1.54. The number of amides is 1. The molecular formula is C62H99NO13. The number of hydrogen-bond donors (Lipinski definition) is 9. The zero-order valence-electron chi connectivity index (χ0n) is 45.9. The fraction of sp³-hybridized carbons (Fsp3) is 0.629. The average Bonchev–Trinajstić information content (AvgIpc) is 3.42. The molecule has 2 saturated heterocycles. The first-order valence-corrected chi connectivity index (χ1v) is 28.4. The summed E-state index contributed by atoms with van der Waals surface area (Å²) in [6.07, 6.45) is 51.6. The molecule has 0 spiro atoms. The van der Waals surface area contributed by atoms with E-state index in [2.05, 4.69) is 146 Å². The van der Waals surface area contributed by atoms with E-state index in [0.717, 1.165) is 122 Å². The second kappa shape index (κ2) is 46.1. The highest BCUT2D eigenvalue weighted by atomic mass is 16.7. The molecule has 430 valence electrons. The van der Waals surface area contributed by atoms with Gasteiger partial charge in [0.15, 0.2) is 12.6 Å². The third-order valence-electron chi connectivity index (χ3n) is 12.9. The van der Waals surface area contributed by atoms with Crippen molar-refractivity contribution >= 4 is 5.91 Å². The van der Waals surface area contributed by atoms with E-state index < -0.39 is 86.8 Å². The number of hydrogen-bond acceptors (Lipinski definition) is 13.